The normalized spacial score (nSPS) is 16.2. The van der Waals surface area contributed by atoms with E-state index in [-0.39, 0.29) is 5.03 Å². The Labute approximate surface area is 128 Å². The molecule has 1 aliphatic rings. The highest BCUT2D eigenvalue weighted by molar-refractivity contribution is 7.89. The first-order chi connectivity index (χ1) is 10.1. The monoisotopic (exact) mass is 328 g/mol. The van der Waals surface area contributed by atoms with Crippen molar-refractivity contribution < 1.29 is 8.42 Å². The van der Waals surface area contributed by atoms with Crippen LogP contribution in [0.15, 0.2) is 16.6 Å². The first-order valence-electron chi connectivity index (χ1n) is 7.31. The van der Waals surface area contributed by atoms with Crippen molar-refractivity contribution in [1.82, 2.24) is 14.1 Å². The van der Waals surface area contributed by atoms with Gasteiger partial charge in [-0.2, -0.15) is 0 Å². The summed E-state index contributed by atoms with van der Waals surface area (Å²) in [6.45, 7) is 3.05. The molecule has 0 aromatic carbocycles. The smallest absolute Gasteiger partial charge is 0.260 e. The fraction of sp³-hybridized carbons (Fsp3) is 0.615. The van der Waals surface area contributed by atoms with Crippen LogP contribution in [0.4, 0.5) is 5.82 Å². The van der Waals surface area contributed by atoms with Crippen molar-refractivity contribution >= 4 is 32.1 Å². The molecule has 0 amide bonds. The first-order valence-corrected chi connectivity index (χ1v) is 9.67. The molecule has 1 fully saturated rings. The number of imidazole rings is 1. The summed E-state index contributed by atoms with van der Waals surface area (Å²) in [5.41, 5.74) is 0. The number of fused-ring (bicyclic) bond motifs is 1. The lowest BCUT2D eigenvalue weighted by Crippen LogP contribution is -2.29. The van der Waals surface area contributed by atoms with Crippen LogP contribution < -0.4 is 10.0 Å². The van der Waals surface area contributed by atoms with Gasteiger partial charge in [0.05, 0.1) is 0 Å². The highest BCUT2D eigenvalue weighted by Crippen LogP contribution is 2.29. The van der Waals surface area contributed by atoms with Gasteiger partial charge in [0, 0.05) is 24.7 Å². The Morgan fingerprint density at radius 3 is 2.95 bits per heavy atom. The molecule has 2 aromatic heterocycles. The van der Waals surface area contributed by atoms with Crippen LogP contribution in [0.5, 0.6) is 0 Å². The lowest BCUT2D eigenvalue weighted by Gasteiger charge is -2.25. The lowest BCUT2D eigenvalue weighted by molar-refractivity contribution is 0.297. The van der Waals surface area contributed by atoms with Gasteiger partial charge in [-0.3, -0.25) is 4.40 Å². The fourth-order valence-corrected chi connectivity index (χ4v) is 4.63. The molecular weight excluding hydrogens is 308 g/mol. The van der Waals surface area contributed by atoms with Gasteiger partial charge in [0.25, 0.3) is 10.0 Å². The largest absolute Gasteiger partial charge is 0.368 e. The number of nitrogens with one attached hydrogen (secondary N) is 2. The number of sulfonamides is 1. The van der Waals surface area contributed by atoms with Crippen LogP contribution in [-0.2, 0) is 10.0 Å². The molecule has 2 heterocycles. The first kappa shape index (κ1) is 14.8. The molecule has 0 aliphatic heterocycles. The van der Waals surface area contributed by atoms with Crippen molar-refractivity contribution in [2.24, 2.45) is 5.92 Å². The fourth-order valence-electron chi connectivity index (χ4n) is 2.55. The molecule has 1 aliphatic carbocycles. The Kier molecular flexibility index (Phi) is 4.19. The zero-order chi connectivity index (χ0) is 14.9. The SMILES string of the molecule is CCNc1nc2sccn2c1S(=O)(=O)NCCC1CCC1. The highest BCUT2D eigenvalue weighted by Gasteiger charge is 2.26. The van der Waals surface area contributed by atoms with Crippen LogP contribution in [0.3, 0.4) is 0 Å². The van der Waals surface area contributed by atoms with E-state index >= 15 is 0 Å². The van der Waals surface area contributed by atoms with Crippen LogP contribution in [0.1, 0.15) is 32.6 Å². The number of thiazole rings is 1. The predicted molar refractivity (Wildman–Crippen MR) is 84.4 cm³/mol. The highest BCUT2D eigenvalue weighted by atomic mass is 32.2. The number of nitrogens with zero attached hydrogens (tertiary/aromatic N) is 2. The van der Waals surface area contributed by atoms with Crippen molar-refractivity contribution in [3.05, 3.63) is 11.6 Å². The molecule has 0 atom stereocenters. The van der Waals surface area contributed by atoms with Crippen molar-refractivity contribution in [1.29, 1.82) is 0 Å². The van der Waals surface area contributed by atoms with E-state index in [2.05, 4.69) is 15.0 Å². The summed E-state index contributed by atoms with van der Waals surface area (Å²) in [5, 5.41) is 5.09. The predicted octanol–water partition coefficient (Wildman–Crippen LogP) is 2.30. The summed E-state index contributed by atoms with van der Waals surface area (Å²) in [6, 6.07) is 0. The molecule has 0 unspecified atom stereocenters. The van der Waals surface area contributed by atoms with E-state index in [1.54, 1.807) is 10.6 Å². The Morgan fingerprint density at radius 2 is 2.29 bits per heavy atom. The van der Waals surface area contributed by atoms with Gasteiger partial charge in [0.2, 0.25) is 0 Å². The molecule has 8 heteroatoms. The maximum absolute atomic E-state index is 12.6. The van der Waals surface area contributed by atoms with Crippen molar-refractivity contribution in [3.63, 3.8) is 0 Å². The molecule has 1 saturated carbocycles. The number of aromatic nitrogens is 2. The van der Waals surface area contributed by atoms with Gasteiger partial charge in [-0.05, 0) is 19.3 Å². The lowest BCUT2D eigenvalue weighted by atomic mass is 9.83. The summed E-state index contributed by atoms with van der Waals surface area (Å²) in [4.78, 5) is 5.04. The van der Waals surface area contributed by atoms with E-state index in [9.17, 15) is 8.42 Å². The van der Waals surface area contributed by atoms with E-state index in [0.717, 1.165) is 6.42 Å². The van der Waals surface area contributed by atoms with E-state index in [1.165, 1.54) is 30.6 Å². The molecule has 0 saturated heterocycles. The van der Waals surface area contributed by atoms with Crippen molar-refractivity contribution in [2.75, 3.05) is 18.4 Å². The number of hydrogen-bond acceptors (Lipinski definition) is 5. The number of rotatable bonds is 7. The van der Waals surface area contributed by atoms with E-state index < -0.39 is 10.0 Å². The maximum Gasteiger partial charge on any atom is 0.260 e. The summed E-state index contributed by atoms with van der Waals surface area (Å²) < 4.78 is 29.5. The van der Waals surface area contributed by atoms with Gasteiger partial charge in [-0.25, -0.2) is 18.1 Å². The standard InChI is InChI=1S/C13H20N4O2S2/c1-2-14-11-12(17-8-9-20-13(17)16-11)21(18,19)15-7-6-10-4-3-5-10/h8-10,14-15H,2-7H2,1H3. The third-order valence-corrected chi connectivity index (χ3v) is 6.13. The third kappa shape index (κ3) is 2.93. The summed E-state index contributed by atoms with van der Waals surface area (Å²) in [7, 11) is -3.55. The second-order valence-electron chi connectivity index (χ2n) is 5.33. The second kappa shape index (κ2) is 5.94. The maximum atomic E-state index is 12.6. The van der Waals surface area contributed by atoms with E-state index in [0.29, 0.717) is 29.8 Å². The second-order valence-corrected chi connectivity index (χ2v) is 7.89. The van der Waals surface area contributed by atoms with Gasteiger partial charge >= 0.3 is 0 Å². The molecule has 2 N–H and O–H groups in total. The van der Waals surface area contributed by atoms with E-state index in [1.807, 2.05) is 12.3 Å². The molecule has 0 bridgehead atoms. The zero-order valence-electron chi connectivity index (χ0n) is 12.0. The molecule has 3 rings (SSSR count). The number of hydrogen-bond donors (Lipinski definition) is 2. The Hall–Kier alpha value is -1.12. The van der Waals surface area contributed by atoms with Crippen LogP contribution in [0.2, 0.25) is 0 Å². The third-order valence-electron chi connectivity index (χ3n) is 3.89. The van der Waals surface area contributed by atoms with Crippen LogP contribution in [0.25, 0.3) is 4.96 Å². The molecule has 116 valence electrons. The van der Waals surface area contributed by atoms with Crippen molar-refractivity contribution in [2.45, 2.75) is 37.6 Å². The van der Waals surface area contributed by atoms with Crippen LogP contribution in [-0.4, -0.2) is 30.9 Å². The number of anilines is 1. The molecule has 6 nitrogen and oxygen atoms in total. The Bertz CT molecular complexity index is 716. The van der Waals surface area contributed by atoms with Gasteiger partial charge in [-0.1, -0.05) is 19.3 Å². The average molecular weight is 328 g/mol. The minimum absolute atomic E-state index is 0.217. The molecule has 0 radical (unpaired) electrons. The molecule has 0 spiro atoms. The van der Waals surface area contributed by atoms with E-state index in [4.69, 9.17) is 0 Å². The topological polar surface area (TPSA) is 75.5 Å². The van der Waals surface area contributed by atoms with Gasteiger partial charge in [0.1, 0.15) is 0 Å². The molecular formula is C13H20N4O2S2. The molecule has 2 aromatic rings. The van der Waals surface area contributed by atoms with Gasteiger partial charge in [0.15, 0.2) is 15.8 Å². The minimum Gasteiger partial charge on any atom is -0.368 e. The van der Waals surface area contributed by atoms with Crippen LogP contribution in [0, 0.1) is 5.92 Å². The van der Waals surface area contributed by atoms with Gasteiger partial charge < -0.3 is 5.32 Å². The van der Waals surface area contributed by atoms with Gasteiger partial charge in [-0.15, -0.1) is 11.3 Å². The van der Waals surface area contributed by atoms with Crippen LogP contribution >= 0.6 is 11.3 Å². The Morgan fingerprint density at radius 1 is 1.48 bits per heavy atom. The summed E-state index contributed by atoms with van der Waals surface area (Å²) >= 11 is 1.43. The Balaban J connectivity index is 1.82. The minimum atomic E-state index is -3.55. The quantitative estimate of drug-likeness (QED) is 0.818. The van der Waals surface area contributed by atoms with Crippen molar-refractivity contribution in [3.8, 4) is 0 Å². The molecule has 21 heavy (non-hydrogen) atoms. The summed E-state index contributed by atoms with van der Waals surface area (Å²) in [6.07, 6.45) is 6.40. The zero-order valence-corrected chi connectivity index (χ0v) is 13.6. The summed E-state index contributed by atoms with van der Waals surface area (Å²) in [5.74, 6) is 1.12. The average Bonchev–Trinajstić information content (AvgIpc) is 2.92.